The third-order valence-electron chi connectivity index (χ3n) is 4.59. The highest BCUT2D eigenvalue weighted by Gasteiger charge is 2.28. The third-order valence-corrected chi connectivity index (χ3v) is 5.39. The zero-order chi connectivity index (χ0) is 21.3. The number of ketones is 1. The van der Waals surface area contributed by atoms with Gasteiger partial charge in [0.2, 0.25) is 5.88 Å². The number of hydrogen-bond donors (Lipinski definition) is 0. The number of benzene rings is 2. The number of rotatable bonds is 5. The van der Waals surface area contributed by atoms with Crippen LogP contribution in [0.3, 0.4) is 0 Å². The summed E-state index contributed by atoms with van der Waals surface area (Å²) in [6.07, 6.45) is 0. The molecule has 30 heavy (non-hydrogen) atoms. The van der Waals surface area contributed by atoms with Crippen molar-refractivity contribution in [3.05, 3.63) is 87.6 Å². The van der Waals surface area contributed by atoms with Crippen molar-refractivity contribution in [2.24, 2.45) is 0 Å². The first-order valence-corrected chi connectivity index (χ1v) is 10.0. The molecule has 2 heterocycles. The van der Waals surface area contributed by atoms with E-state index in [-0.39, 0.29) is 22.1 Å². The summed E-state index contributed by atoms with van der Waals surface area (Å²) in [5, 5.41) is 8.35. The molecule has 2 aromatic carbocycles. The van der Waals surface area contributed by atoms with Gasteiger partial charge in [0.05, 0.1) is 17.1 Å². The number of para-hydroxylation sites is 1. The summed E-state index contributed by atoms with van der Waals surface area (Å²) in [4.78, 5) is 26.4. The first-order valence-electron chi connectivity index (χ1n) is 9.23. The average Bonchev–Trinajstić information content (AvgIpc) is 3.31. The number of carbonyl (C=O) groups excluding carboxylic acids is 2. The zero-order valence-electron chi connectivity index (χ0n) is 16.6. The predicted molar refractivity (Wildman–Crippen MR) is 113 cm³/mol. The van der Waals surface area contributed by atoms with Gasteiger partial charge in [0, 0.05) is 5.56 Å². The Bertz CT molecular complexity index is 1230. The van der Waals surface area contributed by atoms with Crippen LogP contribution in [0.2, 0.25) is 0 Å². The fourth-order valence-corrected chi connectivity index (χ4v) is 3.54. The normalized spacial score (nSPS) is 10.8. The molecule has 0 saturated heterocycles. The van der Waals surface area contributed by atoms with E-state index in [2.05, 4.69) is 14.7 Å². The molecule has 0 aliphatic heterocycles. The number of hydrogen-bond acceptors (Lipinski definition) is 7. The number of aromatic nitrogens is 4. The van der Waals surface area contributed by atoms with E-state index in [4.69, 9.17) is 4.74 Å². The van der Waals surface area contributed by atoms with Crippen LogP contribution in [0.15, 0.2) is 54.6 Å². The fourth-order valence-electron chi connectivity index (χ4n) is 3.01. The van der Waals surface area contributed by atoms with E-state index < -0.39 is 5.97 Å². The molecule has 0 N–H and O–H groups in total. The Morgan fingerprint density at radius 1 is 0.933 bits per heavy atom. The number of carbonyl (C=O) groups is 2. The lowest BCUT2D eigenvalue weighted by molar-refractivity contribution is 0.0725. The van der Waals surface area contributed by atoms with Crippen molar-refractivity contribution in [1.29, 1.82) is 0 Å². The predicted octanol–water partition coefficient (Wildman–Crippen LogP) is 4.10. The molecule has 0 amide bonds. The summed E-state index contributed by atoms with van der Waals surface area (Å²) >= 11 is 0.947. The number of nitrogens with zero attached hydrogens (tertiary/aromatic N) is 4. The summed E-state index contributed by atoms with van der Waals surface area (Å²) in [6.45, 7) is 5.35. The van der Waals surface area contributed by atoms with E-state index in [1.165, 1.54) is 4.68 Å². The van der Waals surface area contributed by atoms with Crippen LogP contribution in [-0.2, 0) is 0 Å². The van der Waals surface area contributed by atoms with Crippen LogP contribution in [0.1, 0.15) is 42.5 Å². The van der Waals surface area contributed by atoms with Crippen molar-refractivity contribution in [2.75, 3.05) is 0 Å². The highest BCUT2D eigenvalue weighted by atomic mass is 32.1. The van der Waals surface area contributed by atoms with Crippen LogP contribution in [0.25, 0.3) is 5.69 Å². The molecule has 150 valence electrons. The SMILES string of the molecule is Cc1ccc(C(=O)c2c(C)nn(-c3ccccc3)c2OC(=O)c2snnc2C)cc1. The van der Waals surface area contributed by atoms with Gasteiger partial charge in [-0.15, -0.1) is 5.10 Å². The Hall–Kier alpha value is -3.65. The molecule has 8 heteroatoms. The maximum absolute atomic E-state index is 13.3. The van der Waals surface area contributed by atoms with Gasteiger partial charge in [-0.05, 0) is 44.4 Å². The van der Waals surface area contributed by atoms with Gasteiger partial charge in [-0.1, -0.05) is 52.5 Å². The fraction of sp³-hybridized carbons (Fsp3) is 0.136. The smallest absolute Gasteiger partial charge is 0.358 e. The molecule has 7 nitrogen and oxygen atoms in total. The van der Waals surface area contributed by atoms with Crippen LogP contribution < -0.4 is 4.74 Å². The molecule has 4 rings (SSSR count). The molecule has 0 radical (unpaired) electrons. The zero-order valence-corrected chi connectivity index (χ0v) is 17.4. The molecule has 0 unspecified atom stereocenters. The summed E-state index contributed by atoms with van der Waals surface area (Å²) in [7, 11) is 0. The standard InChI is InChI=1S/C22H18N4O3S/c1-13-9-11-16(12-10-13)19(27)18-14(2)24-26(17-7-5-4-6-8-17)21(18)29-22(28)20-15(3)23-25-30-20/h4-12H,1-3H3. The van der Waals surface area contributed by atoms with Crippen LogP contribution in [0, 0.1) is 20.8 Å². The second-order valence-corrected chi connectivity index (χ2v) is 7.54. The quantitative estimate of drug-likeness (QED) is 0.358. The monoisotopic (exact) mass is 418 g/mol. The Labute approximate surface area is 177 Å². The van der Waals surface area contributed by atoms with Gasteiger partial charge < -0.3 is 4.74 Å². The van der Waals surface area contributed by atoms with Crippen molar-refractivity contribution < 1.29 is 14.3 Å². The van der Waals surface area contributed by atoms with E-state index in [1.807, 2.05) is 49.4 Å². The van der Waals surface area contributed by atoms with Gasteiger partial charge in [-0.25, -0.2) is 4.79 Å². The molecule has 0 spiro atoms. The molecule has 0 atom stereocenters. The molecular weight excluding hydrogens is 400 g/mol. The second kappa shape index (κ2) is 8.00. The summed E-state index contributed by atoms with van der Waals surface area (Å²) in [5.74, 6) is -0.823. The van der Waals surface area contributed by atoms with E-state index in [1.54, 1.807) is 26.0 Å². The van der Waals surface area contributed by atoms with Crippen LogP contribution in [0.4, 0.5) is 0 Å². The molecule has 0 aliphatic rings. The molecule has 0 fully saturated rings. The van der Waals surface area contributed by atoms with Crippen molar-refractivity contribution in [1.82, 2.24) is 19.4 Å². The number of ether oxygens (including phenoxy) is 1. The van der Waals surface area contributed by atoms with Crippen molar-refractivity contribution in [3.63, 3.8) is 0 Å². The van der Waals surface area contributed by atoms with Gasteiger partial charge in [0.1, 0.15) is 5.56 Å². The Kier molecular flexibility index (Phi) is 5.24. The van der Waals surface area contributed by atoms with E-state index in [9.17, 15) is 9.59 Å². The largest absolute Gasteiger partial charge is 0.402 e. The first-order chi connectivity index (χ1) is 14.5. The average molecular weight is 418 g/mol. The maximum Gasteiger partial charge on any atom is 0.358 e. The molecule has 2 aromatic heterocycles. The summed E-state index contributed by atoms with van der Waals surface area (Å²) in [6, 6.07) is 16.4. The van der Waals surface area contributed by atoms with Gasteiger partial charge in [0.15, 0.2) is 10.7 Å². The first kappa shape index (κ1) is 19.7. The molecule has 0 saturated carbocycles. The lowest BCUT2D eigenvalue weighted by Gasteiger charge is -2.09. The van der Waals surface area contributed by atoms with E-state index >= 15 is 0 Å². The minimum Gasteiger partial charge on any atom is -0.402 e. The highest BCUT2D eigenvalue weighted by Crippen LogP contribution is 2.30. The minimum atomic E-state index is -0.627. The van der Waals surface area contributed by atoms with E-state index in [0.717, 1.165) is 17.1 Å². The summed E-state index contributed by atoms with van der Waals surface area (Å²) in [5.41, 5.74) is 3.38. The lowest BCUT2D eigenvalue weighted by Crippen LogP contribution is -2.14. The maximum atomic E-state index is 13.3. The van der Waals surface area contributed by atoms with E-state index in [0.29, 0.717) is 22.6 Å². The lowest BCUT2D eigenvalue weighted by atomic mass is 10.0. The van der Waals surface area contributed by atoms with Crippen LogP contribution >= 0.6 is 11.5 Å². The Morgan fingerprint density at radius 2 is 1.63 bits per heavy atom. The topological polar surface area (TPSA) is 87.0 Å². The minimum absolute atomic E-state index is 0.0714. The van der Waals surface area contributed by atoms with Crippen molar-refractivity contribution >= 4 is 23.3 Å². The number of aryl methyl sites for hydroxylation is 3. The van der Waals surface area contributed by atoms with Gasteiger partial charge in [-0.3, -0.25) is 4.79 Å². The number of esters is 1. The van der Waals surface area contributed by atoms with Gasteiger partial charge in [0.25, 0.3) is 0 Å². The second-order valence-electron chi connectivity index (χ2n) is 6.79. The van der Waals surface area contributed by atoms with Crippen molar-refractivity contribution in [2.45, 2.75) is 20.8 Å². The van der Waals surface area contributed by atoms with Crippen LogP contribution in [-0.4, -0.2) is 31.1 Å². The molecular formula is C22H18N4O3S. The molecule has 0 aliphatic carbocycles. The van der Waals surface area contributed by atoms with Crippen molar-refractivity contribution in [3.8, 4) is 11.6 Å². The molecule has 0 bridgehead atoms. The third kappa shape index (κ3) is 3.65. The molecule has 4 aromatic rings. The Balaban J connectivity index is 1.84. The van der Waals surface area contributed by atoms with Gasteiger partial charge >= 0.3 is 5.97 Å². The Morgan fingerprint density at radius 3 is 2.27 bits per heavy atom. The highest BCUT2D eigenvalue weighted by molar-refractivity contribution is 7.07. The summed E-state index contributed by atoms with van der Waals surface area (Å²) < 4.78 is 11.0. The van der Waals surface area contributed by atoms with Gasteiger partial charge in [-0.2, -0.15) is 9.78 Å². The van der Waals surface area contributed by atoms with Crippen LogP contribution in [0.5, 0.6) is 5.88 Å².